The van der Waals surface area contributed by atoms with Crippen molar-refractivity contribution in [1.29, 1.82) is 0 Å². The zero-order valence-corrected chi connectivity index (χ0v) is 15.2. The van der Waals surface area contributed by atoms with Gasteiger partial charge in [0.05, 0.1) is 0 Å². The quantitative estimate of drug-likeness (QED) is 0.871. The number of nitrogens with one attached hydrogen (secondary N) is 2. The van der Waals surface area contributed by atoms with E-state index in [1.54, 1.807) is 0 Å². The van der Waals surface area contributed by atoms with E-state index in [0.717, 1.165) is 24.1 Å². The van der Waals surface area contributed by atoms with Crippen LogP contribution in [0.1, 0.15) is 51.5 Å². The maximum Gasteiger partial charge on any atom is 0.319 e. The zero-order valence-electron chi connectivity index (χ0n) is 15.2. The van der Waals surface area contributed by atoms with E-state index in [1.165, 1.54) is 25.8 Å². The lowest BCUT2D eigenvalue weighted by molar-refractivity contribution is 0.0180. The second-order valence-electron chi connectivity index (χ2n) is 7.91. The van der Waals surface area contributed by atoms with Gasteiger partial charge in [0.15, 0.2) is 0 Å². The third-order valence-corrected chi connectivity index (χ3v) is 5.43. The molecule has 2 amide bonds. The summed E-state index contributed by atoms with van der Waals surface area (Å²) in [7, 11) is 0. The highest BCUT2D eigenvalue weighted by Gasteiger charge is 2.38. The number of fused-ring (bicyclic) bond motifs is 2. The number of hydrogen-bond donors (Lipinski definition) is 2. The number of hydrogen-bond acceptors (Lipinski definition) is 2. The van der Waals surface area contributed by atoms with Gasteiger partial charge in [0.1, 0.15) is 0 Å². The molecule has 2 unspecified atom stereocenters. The number of anilines is 1. The van der Waals surface area contributed by atoms with Crippen molar-refractivity contribution in [3.05, 3.63) is 29.8 Å². The number of nitrogens with zero attached hydrogens (tertiary/aromatic N) is 1. The first-order valence-electron chi connectivity index (χ1n) is 9.42. The average Bonchev–Trinajstić information content (AvgIpc) is 2.50. The Morgan fingerprint density at radius 2 is 1.88 bits per heavy atom. The Kier molecular flexibility index (Phi) is 5.44. The van der Waals surface area contributed by atoms with Crippen molar-refractivity contribution in [2.75, 3.05) is 11.9 Å². The smallest absolute Gasteiger partial charge is 0.319 e. The molecule has 2 bridgehead atoms. The Labute approximate surface area is 146 Å². The Bertz CT molecular complexity index is 558. The van der Waals surface area contributed by atoms with Crippen LogP contribution in [0, 0.1) is 12.8 Å². The van der Waals surface area contributed by atoms with Gasteiger partial charge in [-0.05, 0) is 50.2 Å². The number of benzene rings is 1. The fraction of sp³-hybridized carbons (Fsp3) is 0.650. The third-order valence-electron chi connectivity index (χ3n) is 5.43. The van der Waals surface area contributed by atoms with E-state index in [4.69, 9.17) is 0 Å². The van der Waals surface area contributed by atoms with Crippen LogP contribution in [-0.2, 0) is 0 Å². The van der Waals surface area contributed by atoms with Gasteiger partial charge in [-0.2, -0.15) is 0 Å². The molecule has 2 saturated heterocycles. The molecule has 0 radical (unpaired) electrons. The highest BCUT2D eigenvalue weighted by molar-refractivity contribution is 5.90. The van der Waals surface area contributed by atoms with E-state index in [-0.39, 0.29) is 6.03 Å². The van der Waals surface area contributed by atoms with Crippen molar-refractivity contribution in [3.8, 4) is 0 Å². The molecule has 2 aliphatic rings. The Morgan fingerprint density at radius 1 is 1.21 bits per heavy atom. The SMILES string of the molecule is Cc1ccccc1NC(=O)NC1CC2CCCC(C1)N2CC(C)C. The summed E-state index contributed by atoms with van der Waals surface area (Å²) in [5.74, 6) is 0.710. The van der Waals surface area contributed by atoms with Crippen LogP contribution >= 0.6 is 0 Å². The first-order valence-corrected chi connectivity index (χ1v) is 9.42. The summed E-state index contributed by atoms with van der Waals surface area (Å²) in [6.45, 7) is 7.81. The van der Waals surface area contributed by atoms with Gasteiger partial charge < -0.3 is 10.6 Å². The predicted molar refractivity (Wildman–Crippen MR) is 99.3 cm³/mol. The molecule has 4 heteroatoms. The van der Waals surface area contributed by atoms with Gasteiger partial charge in [-0.15, -0.1) is 0 Å². The number of carbonyl (C=O) groups excluding carboxylic acids is 1. The summed E-state index contributed by atoms with van der Waals surface area (Å²) in [4.78, 5) is 15.1. The highest BCUT2D eigenvalue weighted by atomic mass is 16.2. The van der Waals surface area contributed by atoms with Gasteiger partial charge in [-0.3, -0.25) is 4.90 Å². The zero-order chi connectivity index (χ0) is 17.1. The van der Waals surface area contributed by atoms with E-state index in [2.05, 4.69) is 29.4 Å². The lowest BCUT2D eigenvalue weighted by atomic mass is 9.81. The van der Waals surface area contributed by atoms with Crippen molar-refractivity contribution in [1.82, 2.24) is 10.2 Å². The summed E-state index contributed by atoms with van der Waals surface area (Å²) in [6, 6.07) is 9.44. The maximum atomic E-state index is 12.4. The lowest BCUT2D eigenvalue weighted by Crippen LogP contribution is -2.58. The Morgan fingerprint density at radius 3 is 2.50 bits per heavy atom. The molecular formula is C20H31N3O. The van der Waals surface area contributed by atoms with Crippen LogP contribution in [0.3, 0.4) is 0 Å². The Hall–Kier alpha value is -1.55. The molecule has 2 N–H and O–H groups in total. The molecule has 0 spiro atoms. The molecule has 2 atom stereocenters. The van der Waals surface area contributed by atoms with E-state index in [9.17, 15) is 4.79 Å². The van der Waals surface area contributed by atoms with Crippen LogP contribution in [0.5, 0.6) is 0 Å². The van der Waals surface area contributed by atoms with Crippen molar-refractivity contribution in [3.63, 3.8) is 0 Å². The summed E-state index contributed by atoms with van der Waals surface area (Å²) in [6.07, 6.45) is 6.07. The van der Waals surface area contributed by atoms with Gasteiger partial charge in [0, 0.05) is 30.4 Å². The molecule has 0 aliphatic carbocycles. The number of urea groups is 1. The minimum absolute atomic E-state index is 0.0651. The molecule has 2 fully saturated rings. The lowest BCUT2D eigenvalue weighted by Gasteiger charge is -2.49. The van der Waals surface area contributed by atoms with Gasteiger partial charge in [-0.1, -0.05) is 38.5 Å². The number of piperidine rings is 2. The molecule has 2 aliphatic heterocycles. The number of amides is 2. The van der Waals surface area contributed by atoms with Crippen LogP contribution < -0.4 is 10.6 Å². The first kappa shape index (κ1) is 17.3. The first-order chi connectivity index (χ1) is 11.5. The minimum atomic E-state index is -0.0651. The van der Waals surface area contributed by atoms with Crippen LogP contribution in [0.15, 0.2) is 24.3 Å². The summed E-state index contributed by atoms with van der Waals surface area (Å²) in [5.41, 5.74) is 1.99. The Balaban J connectivity index is 1.57. The maximum absolute atomic E-state index is 12.4. The number of carbonyl (C=O) groups is 1. The monoisotopic (exact) mass is 329 g/mol. The number of rotatable bonds is 4. The van der Waals surface area contributed by atoms with Crippen LogP contribution in [0.4, 0.5) is 10.5 Å². The molecule has 2 heterocycles. The summed E-state index contributed by atoms with van der Waals surface area (Å²) in [5, 5.41) is 6.22. The molecule has 1 aromatic rings. The topological polar surface area (TPSA) is 44.4 Å². The minimum Gasteiger partial charge on any atom is -0.335 e. The second-order valence-corrected chi connectivity index (χ2v) is 7.91. The fourth-order valence-corrected chi connectivity index (χ4v) is 4.37. The molecule has 3 rings (SSSR count). The standard InChI is InChI=1S/C20H31N3O/c1-14(2)13-23-17-8-6-9-18(23)12-16(11-17)21-20(24)22-19-10-5-4-7-15(19)3/h4-5,7,10,14,16-18H,6,8-9,11-13H2,1-3H3,(H2,21,22,24). The molecule has 0 aromatic heterocycles. The van der Waals surface area contributed by atoms with Crippen molar-refractivity contribution >= 4 is 11.7 Å². The van der Waals surface area contributed by atoms with E-state index >= 15 is 0 Å². The van der Waals surface area contributed by atoms with E-state index < -0.39 is 0 Å². The third kappa shape index (κ3) is 4.10. The molecule has 132 valence electrons. The largest absolute Gasteiger partial charge is 0.335 e. The second kappa shape index (κ2) is 7.56. The average molecular weight is 329 g/mol. The van der Waals surface area contributed by atoms with E-state index in [0.29, 0.717) is 24.0 Å². The van der Waals surface area contributed by atoms with Crippen molar-refractivity contribution in [2.45, 2.75) is 71.0 Å². The van der Waals surface area contributed by atoms with Crippen LogP contribution in [-0.4, -0.2) is 35.6 Å². The predicted octanol–water partition coefficient (Wildman–Crippen LogP) is 4.16. The number of para-hydroxylation sites is 1. The van der Waals surface area contributed by atoms with Gasteiger partial charge in [0.25, 0.3) is 0 Å². The van der Waals surface area contributed by atoms with Gasteiger partial charge >= 0.3 is 6.03 Å². The normalized spacial score (nSPS) is 27.1. The van der Waals surface area contributed by atoms with Crippen LogP contribution in [0.2, 0.25) is 0 Å². The molecule has 24 heavy (non-hydrogen) atoms. The molecule has 4 nitrogen and oxygen atoms in total. The highest BCUT2D eigenvalue weighted by Crippen LogP contribution is 2.34. The van der Waals surface area contributed by atoms with Crippen molar-refractivity contribution in [2.24, 2.45) is 5.92 Å². The molecule has 1 aromatic carbocycles. The fourth-order valence-electron chi connectivity index (χ4n) is 4.37. The van der Waals surface area contributed by atoms with Gasteiger partial charge in [0.2, 0.25) is 0 Å². The molecular weight excluding hydrogens is 298 g/mol. The summed E-state index contributed by atoms with van der Waals surface area (Å²) < 4.78 is 0. The van der Waals surface area contributed by atoms with E-state index in [1.807, 2.05) is 31.2 Å². The number of aryl methyl sites for hydroxylation is 1. The van der Waals surface area contributed by atoms with Crippen LogP contribution in [0.25, 0.3) is 0 Å². The van der Waals surface area contributed by atoms with Crippen molar-refractivity contribution < 1.29 is 4.79 Å². The summed E-state index contributed by atoms with van der Waals surface area (Å²) >= 11 is 0. The van der Waals surface area contributed by atoms with Gasteiger partial charge in [-0.25, -0.2) is 4.79 Å². The molecule has 0 saturated carbocycles.